The standard InChI is InChI=1S/C16H15N3O2/c20-15-5-2-10-19(15)14-4-1-3-12(11-14)16(21)18-13-6-8-17-9-7-13/h1,3-4,6-9,11H,2,5,10H2,(H,17,18,21). The van der Waals surface area contributed by atoms with Crippen LogP contribution < -0.4 is 10.2 Å². The van der Waals surface area contributed by atoms with Crippen molar-refractivity contribution in [2.24, 2.45) is 0 Å². The molecule has 3 rings (SSSR count). The highest BCUT2D eigenvalue weighted by Crippen LogP contribution is 2.22. The van der Waals surface area contributed by atoms with Gasteiger partial charge in [-0.1, -0.05) is 6.07 Å². The SMILES string of the molecule is O=C(Nc1ccncc1)c1cccc(N2CCCC2=O)c1. The van der Waals surface area contributed by atoms with E-state index in [4.69, 9.17) is 0 Å². The van der Waals surface area contributed by atoms with E-state index in [-0.39, 0.29) is 11.8 Å². The summed E-state index contributed by atoms with van der Waals surface area (Å²) in [4.78, 5) is 29.6. The average Bonchev–Trinajstić information content (AvgIpc) is 2.94. The van der Waals surface area contributed by atoms with Crippen molar-refractivity contribution in [2.75, 3.05) is 16.8 Å². The van der Waals surface area contributed by atoms with Gasteiger partial charge < -0.3 is 10.2 Å². The summed E-state index contributed by atoms with van der Waals surface area (Å²) in [5, 5.41) is 2.80. The number of anilines is 2. The van der Waals surface area contributed by atoms with E-state index in [0.29, 0.717) is 24.2 Å². The predicted octanol–water partition coefficient (Wildman–Crippen LogP) is 2.46. The number of aromatic nitrogens is 1. The number of carbonyl (C=O) groups excluding carboxylic acids is 2. The van der Waals surface area contributed by atoms with Crippen LogP contribution in [0.1, 0.15) is 23.2 Å². The summed E-state index contributed by atoms with van der Waals surface area (Å²) in [6, 6.07) is 10.6. The monoisotopic (exact) mass is 281 g/mol. The molecule has 0 spiro atoms. The fraction of sp³-hybridized carbons (Fsp3) is 0.188. The van der Waals surface area contributed by atoms with Crippen molar-refractivity contribution in [3.63, 3.8) is 0 Å². The topological polar surface area (TPSA) is 62.3 Å². The molecule has 0 radical (unpaired) electrons. The van der Waals surface area contributed by atoms with Crippen molar-refractivity contribution >= 4 is 23.2 Å². The van der Waals surface area contributed by atoms with Gasteiger partial charge in [-0.25, -0.2) is 0 Å². The summed E-state index contributed by atoms with van der Waals surface area (Å²) in [6.07, 6.45) is 4.68. The van der Waals surface area contributed by atoms with Crippen LogP contribution in [0.25, 0.3) is 0 Å². The largest absolute Gasteiger partial charge is 0.322 e. The second-order valence-corrected chi connectivity index (χ2v) is 4.89. The number of hydrogen-bond donors (Lipinski definition) is 1. The van der Waals surface area contributed by atoms with Crippen LogP contribution in [0.3, 0.4) is 0 Å². The van der Waals surface area contributed by atoms with Crippen LogP contribution >= 0.6 is 0 Å². The summed E-state index contributed by atoms with van der Waals surface area (Å²) in [6.45, 7) is 0.717. The Labute approximate surface area is 122 Å². The van der Waals surface area contributed by atoms with E-state index in [0.717, 1.165) is 12.1 Å². The minimum atomic E-state index is -0.199. The van der Waals surface area contributed by atoms with E-state index in [2.05, 4.69) is 10.3 Å². The van der Waals surface area contributed by atoms with E-state index in [9.17, 15) is 9.59 Å². The number of pyridine rings is 1. The summed E-state index contributed by atoms with van der Waals surface area (Å²) in [5.74, 6) is -0.0867. The normalized spacial score (nSPS) is 14.3. The fourth-order valence-corrected chi connectivity index (χ4v) is 2.37. The van der Waals surface area contributed by atoms with E-state index in [1.807, 2.05) is 6.07 Å². The summed E-state index contributed by atoms with van der Waals surface area (Å²) < 4.78 is 0. The zero-order valence-corrected chi connectivity index (χ0v) is 11.5. The minimum absolute atomic E-state index is 0.113. The molecule has 1 fully saturated rings. The molecule has 2 heterocycles. The Bertz CT molecular complexity index is 670. The first-order valence-electron chi connectivity index (χ1n) is 6.86. The quantitative estimate of drug-likeness (QED) is 0.940. The van der Waals surface area contributed by atoms with Gasteiger partial charge in [0.05, 0.1) is 0 Å². The fourth-order valence-electron chi connectivity index (χ4n) is 2.37. The van der Waals surface area contributed by atoms with Gasteiger partial charge in [-0.05, 0) is 36.8 Å². The lowest BCUT2D eigenvalue weighted by molar-refractivity contribution is -0.117. The molecule has 1 aliphatic heterocycles. The van der Waals surface area contributed by atoms with Gasteiger partial charge in [0.15, 0.2) is 0 Å². The highest BCUT2D eigenvalue weighted by Gasteiger charge is 2.22. The summed E-state index contributed by atoms with van der Waals surface area (Å²) in [5.41, 5.74) is 2.00. The number of nitrogens with zero attached hydrogens (tertiary/aromatic N) is 2. The zero-order chi connectivity index (χ0) is 14.7. The Morgan fingerprint density at radius 3 is 2.71 bits per heavy atom. The van der Waals surface area contributed by atoms with Gasteiger partial charge in [0, 0.05) is 42.3 Å². The molecule has 1 aromatic heterocycles. The Morgan fingerprint density at radius 1 is 1.19 bits per heavy atom. The molecule has 1 aromatic carbocycles. The molecule has 1 aliphatic rings. The van der Waals surface area contributed by atoms with Crippen molar-refractivity contribution in [2.45, 2.75) is 12.8 Å². The maximum absolute atomic E-state index is 12.2. The number of benzene rings is 1. The number of carbonyl (C=O) groups is 2. The molecule has 0 unspecified atom stereocenters. The molecule has 5 nitrogen and oxygen atoms in total. The van der Waals surface area contributed by atoms with Crippen LogP contribution in [0.5, 0.6) is 0 Å². The van der Waals surface area contributed by atoms with Crippen molar-refractivity contribution in [1.82, 2.24) is 4.98 Å². The Kier molecular flexibility index (Phi) is 3.64. The molecule has 21 heavy (non-hydrogen) atoms. The van der Waals surface area contributed by atoms with Gasteiger partial charge in [0.25, 0.3) is 5.91 Å². The highest BCUT2D eigenvalue weighted by atomic mass is 16.2. The molecule has 0 bridgehead atoms. The molecule has 0 saturated carbocycles. The van der Waals surface area contributed by atoms with Crippen molar-refractivity contribution < 1.29 is 9.59 Å². The number of rotatable bonds is 3. The first-order chi connectivity index (χ1) is 10.2. The zero-order valence-electron chi connectivity index (χ0n) is 11.5. The molecule has 2 aromatic rings. The Morgan fingerprint density at radius 2 is 2.00 bits per heavy atom. The summed E-state index contributed by atoms with van der Waals surface area (Å²) in [7, 11) is 0. The van der Waals surface area contributed by atoms with Gasteiger partial charge in [0.2, 0.25) is 5.91 Å². The molecular formula is C16H15N3O2. The van der Waals surface area contributed by atoms with E-state index < -0.39 is 0 Å². The van der Waals surface area contributed by atoms with Gasteiger partial charge >= 0.3 is 0 Å². The third-order valence-corrected chi connectivity index (χ3v) is 3.43. The average molecular weight is 281 g/mol. The second-order valence-electron chi connectivity index (χ2n) is 4.89. The van der Waals surface area contributed by atoms with Gasteiger partial charge in [0.1, 0.15) is 0 Å². The van der Waals surface area contributed by atoms with Crippen LogP contribution in [0.2, 0.25) is 0 Å². The van der Waals surface area contributed by atoms with Crippen molar-refractivity contribution in [3.05, 3.63) is 54.4 Å². The molecule has 0 atom stereocenters. The maximum atomic E-state index is 12.2. The smallest absolute Gasteiger partial charge is 0.255 e. The van der Waals surface area contributed by atoms with Crippen LogP contribution in [-0.2, 0) is 4.79 Å². The van der Waals surface area contributed by atoms with Crippen LogP contribution in [0, 0.1) is 0 Å². The lowest BCUT2D eigenvalue weighted by atomic mass is 10.1. The van der Waals surface area contributed by atoms with E-state index >= 15 is 0 Å². The van der Waals surface area contributed by atoms with Gasteiger partial charge in [-0.3, -0.25) is 14.6 Å². The van der Waals surface area contributed by atoms with Crippen molar-refractivity contribution in [1.29, 1.82) is 0 Å². The van der Waals surface area contributed by atoms with Crippen molar-refractivity contribution in [3.8, 4) is 0 Å². The highest BCUT2D eigenvalue weighted by molar-refractivity contribution is 6.05. The minimum Gasteiger partial charge on any atom is -0.322 e. The third kappa shape index (κ3) is 2.91. The third-order valence-electron chi connectivity index (χ3n) is 3.43. The number of amides is 2. The molecule has 106 valence electrons. The lowest BCUT2D eigenvalue weighted by Gasteiger charge is -2.16. The Balaban J connectivity index is 1.79. The lowest BCUT2D eigenvalue weighted by Crippen LogP contribution is -2.24. The van der Waals surface area contributed by atoms with Gasteiger partial charge in [-0.2, -0.15) is 0 Å². The maximum Gasteiger partial charge on any atom is 0.255 e. The van der Waals surface area contributed by atoms with Crippen LogP contribution in [0.4, 0.5) is 11.4 Å². The van der Waals surface area contributed by atoms with E-state index in [1.54, 1.807) is 47.6 Å². The Hall–Kier alpha value is -2.69. The molecule has 1 saturated heterocycles. The first kappa shape index (κ1) is 13.3. The summed E-state index contributed by atoms with van der Waals surface area (Å²) >= 11 is 0. The van der Waals surface area contributed by atoms with E-state index in [1.165, 1.54) is 0 Å². The molecule has 2 amide bonds. The molecule has 5 heteroatoms. The number of nitrogens with one attached hydrogen (secondary N) is 1. The second kappa shape index (κ2) is 5.75. The molecule has 0 aliphatic carbocycles. The van der Waals surface area contributed by atoms with Gasteiger partial charge in [-0.15, -0.1) is 0 Å². The number of hydrogen-bond acceptors (Lipinski definition) is 3. The first-order valence-corrected chi connectivity index (χ1v) is 6.86. The van der Waals surface area contributed by atoms with Crippen LogP contribution in [-0.4, -0.2) is 23.3 Å². The predicted molar refractivity (Wildman–Crippen MR) is 80.2 cm³/mol. The molecule has 1 N–H and O–H groups in total. The van der Waals surface area contributed by atoms with Crippen LogP contribution in [0.15, 0.2) is 48.8 Å². The molecular weight excluding hydrogens is 266 g/mol.